The first-order valence-corrected chi connectivity index (χ1v) is 4.97. The smallest absolute Gasteiger partial charge is 0.163 e. The van der Waals surface area contributed by atoms with Crippen LogP contribution in [0.2, 0.25) is 0 Å². The molecule has 2 aromatic rings. The van der Waals surface area contributed by atoms with Gasteiger partial charge < -0.3 is 10.2 Å². The Morgan fingerprint density at radius 3 is 2.50 bits per heavy atom. The highest BCUT2D eigenvalue weighted by Crippen LogP contribution is 2.34. The molecular formula is C13H12O3. The third kappa shape index (κ3) is 1.41. The number of carbonyl (C=O) groups excluding carboxylic acids is 1. The molecule has 0 amide bonds. The maximum Gasteiger partial charge on any atom is 0.163 e. The summed E-state index contributed by atoms with van der Waals surface area (Å²) in [4.78, 5) is 11.4. The van der Waals surface area contributed by atoms with Crippen molar-refractivity contribution in [2.75, 3.05) is 0 Å². The van der Waals surface area contributed by atoms with E-state index in [2.05, 4.69) is 0 Å². The largest absolute Gasteiger partial charge is 0.507 e. The fourth-order valence-corrected chi connectivity index (χ4v) is 2.07. The summed E-state index contributed by atoms with van der Waals surface area (Å²) in [5, 5.41) is 20.8. The maximum atomic E-state index is 11.4. The van der Waals surface area contributed by atoms with Gasteiger partial charge in [-0.05, 0) is 36.9 Å². The number of aryl methyl sites for hydroxylation is 1. The minimum absolute atomic E-state index is 0.0388. The van der Waals surface area contributed by atoms with Gasteiger partial charge in [-0.2, -0.15) is 0 Å². The molecule has 2 N–H and O–H groups in total. The zero-order chi connectivity index (χ0) is 11.9. The van der Waals surface area contributed by atoms with Crippen LogP contribution in [0.4, 0.5) is 0 Å². The standard InChI is InChI=1S/C13H12O3/c1-7-12(8(2)14)11(16)6-9-4-3-5-10(15)13(7)9/h3-6,15-16H,1-2H3. The number of rotatable bonds is 1. The summed E-state index contributed by atoms with van der Waals surface area (Å²) in [5.41, 5.74) is 0.884. The van der Waals surface area contributed by atoms with E-state index in [1.807, 2.05) is 0 Å². The van der Waals surface area contributed by atoms with Gasteiger partial charge in [-0.15, -0.1) is 0 Å². The molecule has 0 heterocycles. The molecule has 16 heavy (non-hydrogen) atoms. The summed E-state index contributed by atoms with van der Waals surface area (Å²) >= 11 is 0. The predicted molar refractivity (Wildman–Crippen MR) is 62.0 cm³/mol. The Morgan fingerprint density at radius 2 is 1.88 bits per heavy atom. The lowest BCUT2D eigenvalue weighted by molar-refractivity contribution is 0.101. The number of hydrogen-bond acceptors (Lipinski definition) is 3. The van der Waals surface area contributed by atoms with Crippen LogP contribution in [0.5, 0.6) is 11.5 Å². The van der Waals surface area contributed by atoms with Gasteiger partial charge in [-0.1, -0.05) is 12.1 Å². The number of benzene rings is 2. The van der Waals surface area contributed by atoms with Crippen LogP contribution in [0.15, 0.2) is 24.3 Å². The molecule has 0 aliphatic heterocycles. The first kappa shape index (κ1) is 10.5. The van der Waals surface area contributed by atoms with E-state index in [9.17, 15) is 15.0 Å². The summed E-state index contributed by atoms with van der Waals surface area (Å²) in [6.07, 6.45) is 0. The van der Waals surface area contributed by atoms with E-state index in [0.29, 0.717) is 10.9 Å². The van der Waals surface area contributed by atoms with Crippen molar-refractivity contribution in [2.24, 2.45) is 0 Å². The fraction of sp³-hybridized carbons (Fsp3) is 0.154. The van der Waals surface area contributed by atoms with Crippen molar-refractivity contribution in [1.82, 2.24) is 0 Å². The van der Waals surface area contributed by atoms with Gasteiger partial charge in [-0.3, -0.25) is 4.79 Å². The maximum absolute atomic E-state index is 11.4. The quantitative estimate of drug-likeness (QED) is 0.720. The highest BCUT2D eigenvalue weighted by molar-refractivity contribution is 6.05. The number of aromatic hydroxyl groups is 2. The van der Waals surface area contributed by atoms with E-state index in [4.69, 9.17) is 0 Å². The summed E-state index contributed by atoms with van der Waals surface area (Å²) in [6, 6.07) is 6.55. The molecule has 0 atom stereocenters. The summed E-state index contributed by atoms with van der Waals surface area (Å²) in [7, 11) is 0. The van der Waals surface area contributed by atoms with Crippen LogP contribution in [0, 0.1) is 6.92 Å². The lowest BCUT2D eigenvalue weighted by atomic mass is 9.96. The molecule has 3 heteroatoms. The van der Waals surface area contributed by atoms with E-state index < -0.39 is 0 Å². The molecule has 0 spiro atoms. The predicted octanol–water partition coefficient (Wildman–Crippen LogP) is 2.76. The number of phenolic OH excluding ortho intramolecular Hbond substituents is 2. The fourth-order valence-electron chi connectivity index (χ4n) is 2.07. The number of fused-ring (bicyclic) bond motifs is 1. The van der Waals surface area contributed by atoms with Crippen molar-refractivity contribution in [3.8, 4) is 11.5 Å². The van der Waals surface area contributed by atoms with Crippen LogP contribution < -0.4 is 0 Å². The molecule has 3 nitrogen and oxygen atoms in total. The van der Waals surface area contributed by atoms with Crippen molar-refractivity contribution in [2.45, 2.75) is 13.8 Å². The van der Waals surface area contributed by atoms with Crippen LogP contribution in [0.1, 0.15) is 22.8 Å². The number of phenols is 2. The Bertz CT molecular complexity index is 585. The number of carbonyl (C=O) groups is 1. The van der Waals surface area contributed by atoms with Crippen LogP contribution in [-0.2, 0) is 0 Å². The summed E-state index contributed by atoms with van der Waals surface area (Å²) in [6.45, 7) is 3.12. The highest BCUT2D eigenvalue weighted by atomic mass is 16.3. The van der Waals surface area contributed by atoms with E-state index in [-0.39, 0.29) is 22.8 Å². The van der Waals surface area contributed by atoms with Crippen LogP contribution >= 0.6 is 0 Å². The van der Waals surface area contributed by atoms with Gasteiger partial charge in [0.05, 0.1) is 5.56 Å². The van der Waals surface area contributed by atoms with Crippen LogP contribution in [-0.4, -0.2) is 16.0 Å². The van der Waals surface area contributed by atoms with Crippen molar-refractivity contribution >= 4 is 16.6 Å². The second kappa shape index (κ2) is 3.52. The van der Waals surface area contributed by atoms with Gasteiger partial charge in [0, 0.05) is 5.39 Å². The van der Waals surface area contributed by atoms with Gasteiger partial charge in [0.15, 0.2) is 5.78 Å². The van der Waals surface area contributed by atoms with Crippen molar-refractivity contribution < 1.29 is 15.0 Å². The van der Waals surface area contributed by atoms with Gasteiger partial charge >= 0.3 is 0 Å². The molecule has 82 valence electrons. The van der Waals surface area contributed by atoms with E-state index in [1.165, 1.54) is 13.0 Å². The molecule has 0 aliphatic rings. The average Bonchev–Trinajstić information content (AvgIpc) is 2.15. The third-order valence-electron chi connectivity index (χ3n) is 2.73. The third-order valence-corrected chi connectivity index (χ3v) is 2.73. The van der Waals surface area contributed by atoms with Crippen LogP contribution in [0.25, 0.3) is 10.8 Å². The number of hydrogen-bond donors (Lipinski definition) is 2. The lowest BCUT2D eigenvalue weighted by Gasteiger charge is -2.10. The molecular weight excluding hydrogens is 204 g/mol. The summed E-state index contributed by atoms with van der Waals surface area (Å²) < 4.78 is 0. The lowest BCUT2D eigenvalue weighted by Crippen LogP contribution is -1.97. The molecule has 2 rings (SSSR count). The van der Waals surface area contributed by atoms with Crippen molar-refractivity contribution in [3.63, 3.8) is 0 Å². The van der Waals surface area contributed by atoms with Gasteiger partial charge in [0.2, 0.25) is 0 Å². The minimum Gasteiger partial charge on any atom is -0.507 e. The van der Waals surface area contributed by atoms with Crippen molar-refractivity contribution in [1.29, 1.82) is 0 Å². The molecule has 0 radical (unpaired) electrons. The van der Waals surface area contributed by atoms with E-state index >= 15 is 0 Å². The summed E-state index contributed by atoms with van der Waals surface area (Å²) in [5.74, 6) is -0.124. The molecule has 2 aromatic carbocycles. The second-order valence-corrected chi connectivity index (χ2v) is 3.83. The molecule has 0 unspecified atom stereocenters. The van der Waals surface area contributed by atoms with Gasteiger partial charge in [-0.25, -0.2) is 0 Å². The normalized spacial score (nSPS) is 10.6. The molecule has 0 saturated carbocycles. The minimum atomic E-state index is -0.208. The topological polar surface area (TPSA) is 57.5 Å². The Labute approximate surface area is 93.0 Å². The van der Waals surface area contributed by atoms with Gasteiger partial charge in [0.1, 0.15) is 11.5 Å². The van der Waals surface area contributed by atoms with Crippen LogP contribution in [0.3, 0.4) is 0 Å². The zero-order valence-corrected chi connectivity index (χ0v) is 9.11. The Morgan fingerprint density at radius 1 is 1.19 bits per heavy atom. The molecule has 0 saturated heterocycles. The van der Waals surface area contributed by atoms with E-state index in [1.54, 1.807) is 25.1 Å². The van der Waals surface area contributed by atoms with Crippen molar-refractivity contribution in [3.05, 3.63) is 35.4 Å². The second-order valence-electron chi connectivity index (χ2n) is 3.83. The SMILES string of the molecule is CC(=O)c1c(O)cc2cccc(O)c2c1C. The molecule has 0 aromatic heterocycles. The highest BCUT2D eigenvalue weighted by Gasteiger charge is 2.15. The molecule has 0 bridgehead atoms. The number of ketones is 1. The molecule has 0 aliphatic carbocycles. The van der Waals surface area contributed by atoms with Gasteiger partial charge in [0.25, 0.3) is 0 Å². The average molecular weight is 216 g/mol. The number of Topliss-reactive ketones (excluding diaryl/α,β-unsaturated/α-hetero) is 1. The Balaban J connectivity index is 2.96. The first-order chi connectivity index (χ1) is 7.52. The Kier molecular flexibility index (Phi) is 2.31. The Hall–Kier alpha value is -2.03. The van der Waals surface area contributed by atoms with E-state index in [0.717, 1.165) is 5.39 Å². The molecule has 0 fully saturated rings. The monoisotopic (exact) mass is 216 g/mol. The zero-order valence-electron chi connectivity index (χ0n) is 9.11. The first-order valence-electron chi connectivity index (χ1n) is 4.97.